The quantitative estimate of drug-likeness (QED) is 0.148. The van der Waals surface area contributed by atoms with Gasteiger partial charge < -0.3 is 15.2 Å². The molecule has 0 aliphatic heterocycles. The van der Waals surface area contributed by atoms with Gasteiger partial charge in [0, 0.05) is 44.5 Å². The summed E-state index contributed by atoms with van der Waals surface area (Å²) in [5.41, 5.74) is 27.3. The van der Waals surface area contributed by atoms with E-state index in [0.717, 1.165) is 29.2 Å². The van der Waals surface area contributed by atoms with Crippen molar-refractivity contribution in [3.63, 3.8) is 0 Å². The monoisotopic (exact) mass is 895 g/mol. The third kappa shape index (κ3) is 8.15. The molecule has 0 saturated carbocycles. The molecule has 2 N–H and O–H groups in total. The Bertz CT molecular complexity index is 3470. The van der Waals surface area contributed by atoms with Crippen LogP contribution in [-0.4, -0.2) is 10.1 Å². The second-order valence-electron chi connectivity index (χ2n) is 21.6. The fraction of sp³-hybridized carbons (Fsp3) is 0.182. The zero-order valence-corrected chi connectivity index (χ0v) is 41.0. The summed E-state index contributed by atoms with van der Waals surface area (Å²) in [6.07, 6.45) is 0.930. The minimum absolute atomic E-state index is 0.0795. The summed E-state index contributed by atoms with van der Waals surface area (Å²) in [5.74, 6) is 0.357. The number of fused-ring (bicyclic) bond motifs is 6. The van der Waals surface area contributed by atoms with Gasteiger partial charge in [0.15, 0.2) is 0 Å². The summed E-state index contributed by atoms with van der Waals surface area (Å²) in [7, 11) is 0. The van der Waals surface area contributed by atoms with Crippen molar-refractivity contribution >= 4 is 38.9 Å². The average Bonchev–Trinajstić information content (AvgIpc) is 3.80. The van der Waals surface area contributed by atoms with Crippen molar-refractivity contribution in [3.8, 4) is 50.2 Å². The highest BCUT2D eigenvalue weighted by Crippen LogP contribution is 2.51. The van der Waals surface area contributed by atoms with Crippen LogP contribution in [0.3, 0.4) is 0 Å². The number of para-hydroxylation sites is 2. The number of hydrogen-bond acceptors (Lipinski definition) is 2. The fourth-order valence-electron chi connectivity index (χ4n) is 11.1. The topological polar surface area (TPSA) is 34.2 Å². The van der Waals surface area contributed by atoms with E-state index in [1.54, 1.807) is 0 Å². The zero-order chi connectivity index (χ0) is 47.7. The van der Waals surface area contributed by atoms with Gasteiger partial charge in [0.1, 0.15) is 0 Å². The molecule has 0 amide bonds. The third-order valence-corrected chi connectivity index (χ3v) is 14.7. The zero-order valence-electron chi connectivity index (χ0n) is 41.0. The second-order valence-corrected chi connectivity index (χ2v) is 21.6. The lowest BCUT2D eigenvalue weighted by Gasteiger charge is -2.36. The van der Waals surface area contributed by atoms with Crippen LogP contribution < -0.4 is 10.6 Å². The molecule has 3 heteroatoms. The Labute approximate surface area is 408 Å². The second kappa shape index (κ2) is 16.9. The van der Waals surface area contributed by atoms with Crippen LogP contribution in [0.1, 0.15) is 77.5 Å². The molecule has 9 aromatic carbocycles. The Hall–Kier alpha value is -7.46. The van der Waals surface area contributed by atoms with Crippen LogP contribution in [0.5, 0.6) is 0 Å². The van der Waals surface area contributed by atoms with Gasteiger partial charge in [-0.1, -0.05) is 174 Å². The number of anilines is 3. The first-order chi connectivity index (χ1) is 33.2. The predicted molar refractivity (Wildman–Crippen MR) is 294 cm³/mol. The molecule has 1 aliphatic carbocycles. The number of aromatic nitrogens is 1. The minimum atomic E-state index is -0.245. The Morgan fingerprint density at radius 1 is 0.449 bits per heavy atom. The lowest BCUT2D eigenvalue weighted by Crippen LogP contribution is -2.37. The lowest BCUT2D eigenvalue weighted by molar-refractivity contribution is 0.263. The molecule has 3 nitrogen and oxygen atoms in total. The van der Waals surface area contributed by atoms with Crippen LogP contribution in [0.4, 0.5) is 17.1 Å². The molecule has 340 valence electrons. The molecule has 1 unspecified atom stereocenters. The maximum absolute atomic E-state index is 6.58. The minimum Gasteiger partial charge on any atom is -0.326 e. The van der Waals surface area contributed by atoms with Crippen molar-refractivity contribution in [1.82, 2.24) is 4.57 Å². The van der Waals surface area contributed by atoms with Gasteiger partial charge in [0.05, 0.1) is 11.0 Å². The molecular weight excluding hydrogens is 835 g/mol. The van der Waals surface area contributed by atoms with Crippen LogP contribution in [0.15, 0.2) is 212 Å². The Kier molecular flexibility index (Phi) is 10.8. The van der Waals surface area contributed by atoms with Crippen molar-refractivity contribution in [2.24, 2.45) is 11.1 Å². The van der Waals surface area contributed by atoms with Gasteiger partial charge in [-0.15, -0.1) is 0 Å². The number of benzene rings is 9. The van der Waals surface area contributed by atoms with Gasteiger partial charge in [-0.3, -0.25) is 0 Å². The highest BCUT2D eigenvalue weighted by Gasteiger charge is 2.36. The van der Waals surface area contributed by atoms with Gasteiger partial charge in [-0.2, -0.15) is 0 Å². The van der Waals surface area contributed by atoms with Crippen LogP contribution in [0.2, 0.25) is 0 Å². The SMILES string of the molecule is CC(C)(N)CC(c1ccc(-c2ccc3c(c2)c2cc(-c4ccc(-c5ccc(N(c6ccccc6)c6ccc7c(c6)C(C)(C)c6ccccc6-7)cc5)cc4)ccc2n3-c2ccccc2)cc1)C(C)(C)C. The van der Waals surface area contributed by atoms with Gasteiger partial charge in [0.2, 0.25) is 0 Å². The Balaban J connectivity index is 0.911. The van der Waals surface area contributed by atoms with E-state index in [1.165, 1.54) is 83.0 Å². The Morgan fingerprint density at radius 2 is 0.899 bits per heavy atom. The van der Waals surface area contributed by atoms with Crippen molar-refractivity contribution in [1.29, 1.82) is 0 Å². The Morgan fingerprint density at radius 3 is 1.46 bits per heavy atom. The molecule has 1 aromatic heterocycles. The van der Waals surface area contributed by atoms with Crippen molar-refractivity contribution in [3.05, 3.63) is 229 Å². The van der Waals surface area contributed by atoms with Crippen molar-refractivity contribution < 1.29 is 0 Å². The highest BCUT2D eigenvalue weighted by molar-refractivity contribution is 6.11. The molecule has 0 radical (unpaired) electrons. The third-order valence-electron chi connectivity index (χ3n) is 14.7. The van der Waals surface area contributed by atoms with Crippen LogP contribution in [-0.2, 0) is 5.41 Å². The first-order valence-corrected chi connectivity index (χ1v) is 24.5. The number of nitrogens with zero attached hydrogens (tertiary/aromatic N) is 2. The van der Waals surface area contributed by atoms with E-state index in [0.29, 0.717) is 5.92 Å². The van der Waals surface area contributed by atoms with Gasteiger partial charge in [0.25, 0.3) is 0 Å². The van der Waals surface area contributed by atoms with E-state index >= 15 is 0 Å². The van der Waals surface area contributed by atoms with Gasteiger partial charge in [-0.05, 0) is 166 Å². The van der Waals surface area contributed by atoms with Gasteiger partial charge >= 0.3 is 0 Å². The smallest absolute Gasteiger partial charge is 0.0541 e. The molecule has 0 saturated heterocycles. The van der Waals surface area contributed by atoms with E-state index in [2.05, 4.69) is 270 Å². The molecule has 1 atom stereocenters. The summed E-state index contributed by atoms with van der Waals surface area (Å²) < 4.78 is 2.40. The summed E-state index contributed by atoms with van der Waals surface area (Å²) in [4.78, 5) is 2.38. The van der Waals surface area contributed by atoms with Gasteiger partial charge in [-0.25, -0.2) is 0 Å². The normalized spacial score (nSPS) is 13.6. The molecule has 10 aromatic rings. The fourth-order valence-corrected chi connectivity index (χ4v) is 11.1. The standard InChI is InChI=1S/C66H61N3/c1-64(2,3)61(43-65(4,5)67)48-28-26-47(27-29-48)50-33-39-63-58(41-50)57-40-49(32-38-62(57)69(63)52-18-12-9-13-19-52)46-24-22-44(23-25-46)45-30-34-53(35-31-45)68(51-16-10-8-11-17-51)54-36-37-56-55-20-14-15-21-59(55)66(6,7)60(56)42-54/h8-42,61H,43,67H2,1-7H3. The maximum atomic E-state index is 6.58. The summed E-state index contributed by atoms with van der Waals surface area (Å²) in [5, 5.41) is 2.48. The van der Waals surface area contributed by atoms with Crippen molar-refractivity contribution in [2.75, 3.05) is 4.90 Å². The molecular formula is C66H61N3. The maximum Gasteiger partial charge on any atom is 0.0541 e. The first kappa shape index (κ1) is 44.1. The molecule has 1 aliphatic rings. The van der Waals surface area contributed by atoms with E-state index < -0.39 is 0 Å². The molecule has 11 rings (SSSR count). The number of hydrogen-bond donors (Lipinski definition) is 1. The average molecular weight is 896 g/mol. The highest BCUT2D eigenvalue weighted by atomic mass is 15.1. The molecule has 0 bridgehead atoms. The largest absolute Gasteiger partial charge is 0.326 e. The molecule has 1 heterocycles. The van der Waals surface area contributed by atoms with Crippen LogP contribution in [0.25, 0.3) is 72.0 Å². The summed E-state index contributed by atoms with van der Waals surface area (Å²) >= 11 is 0. The van der Waals surface area contributed by atoms with E-state index in [9.17, 15) is 0 Å². The first-order valence-electron chi connectivity index (χ1n) is 24.5. The predicted octanol–water partition coefficient (Wildman–Crippen LogP) is 17.8. The van der Waals surface area contributed by atoms with Crippen molar-refractivity contribution in [2.45, 2.75) is 71.8 Å². The molecule has 0 fully saturated rings. The van der Waals surface area contributed by atoms with E-state index in [4.69, 9.17) is 5.73 Å². The summed E-state index contributed by atoms with van der Waals surface area (Å²) in [6, 6.07) is 78.5. The van der Waals surface area contributed by atoms with E-state index in [1.807, 2.05) is 0 Å². The van der Waals surface area contributed by atoms with E-state index in [-0.39, 0.29) is 16.4 Å². The number of rotatable bonds is 10. The van der Waals surface area contributed by atoms with Crippen LogP contribution >= 0.6 is 0 Å². The summed E-state index contributed by atoms with van der Waals surface area (Å²) in [6.45, 7) is 15.9. The lowest BCUT2D eigenvalue weighted by atomic mass is 9.71. The molecule has 0 spiro atoms. The van der Waals surface area contributed by atoms with Crippen LogP contribution in [0, 0.1) is 5.41 Å². The molecule has 69 heavy (non-hydrogen) atoms. The number of nitrogens with two attached hydrogens (primary N) is 1.